The Morgan fingerprint density at radius 3 is 2.22 bits per heavy atom. The van der Waals surface area contributed by atoms with E-state index in [9.17, 15) is 0 Å². The van der Waals surface area contributed by atoms with Gasteiger partial charge >= 0.3 is 0 Å². The van der Waals surface area contributed by atoms with E-state index in [2.05, 4.69) is 35.8 Å². The van der Waals surface area contributed by atoms with Crippen LogP contribution in [0.3, 0.4) is 0 Å². The molecular weight excluding hydrogens is 218 g/mol. The summed E-state index contributed by atoms with van der Waals surface area (Å²) in [5.74, 6) is 0. The number of nitrogens with zero attached hydrogens (tertiary/aromatic N) is 1. The molecule has 0 bridgehead atoms. The molecular formula is C17H15N. The number of hydrogen-bond donors (Lipinski definition) is 0. The Morgan fingerprint density at radius 2 is 1.50 bits per heavy atom. The average Bonchev–Trinajstić information content (AvgIpc) is 2.45. The van der Waals surface area contributed by atoms with E-state index in [1.807, 2.05) is 42.5 Å². The predicted molar refractivity (Wildman–Crippen MR) is 78.8 cm³/mol. The second kappa shape index (κ2) is 6.36. The van der Waals surface area contributed by atoms with Gasteiger partial charge in [0, 0.05) is 12.4 Å². The largest absolute Gasteiger partial charge is 0.265 e. The summed E-state index contributed by atoms with van der Waals surface area (Å²) in [6.07, 6.45) is 13.6. The van der Waals surface area contributed by atoms with E-state index in [0.717, 1.165) is 11.1 Å². The van der Waals surface area contributed by atoms with E-state index in [-0.39, 0.29) is 0 Å². The van der Waals surface area contributed by atoms with E-state index < -0.39 is 0 Å². The number of aromatic nitrogens is 1. The van der Waals surface area contributed by atoms with Crippen LogP contribution >= 0.6 is 0 Å². The molecule has 0 spiro atoms. The Kier molecular flexibility index (Phi) is 4.26. The standard InChI is InChI=1S/C17H15N/c1-2-16-8-5-6-10-17(16)9-4-3-7-15-11-13-18-14-12-15/h2-14H,1H2/b7-3+,9-4-. The zero-order valence-corrected chi connectivity index (χ0v) is 10.2. The van der Waals surface area contributed by atoms with Gasteiger partial charge in [0.15, 0.2) is 0 Å². The van der Waals surface area contributed by atoms with Crippen molar-refractivity contribution in [1.29, 1.82) is 0 Å². The molecule has 2 rings (SSSR count). The number of benzene rings is 1. The van der Waals surface area contributed by atoms with Gasteiger partial charge in [-0.15, -0.1) is 0 Å². The minimum absolute atomic E-state index is 1.14. The normalized spacial score (nSPS) is 11.1. The van der Waals surface area contributed by atoms with Crippen molar-refractivity contribution in [2.45, 2.75) is 0 Å². The summed E-state index contributed by atoms with van der Waals surface area (Å²) in [5, 5.41) is 0. The topological polar surface area (TPSA) is 12.9 Å². The highest BCUT2D eigenvalue weighted by atomic mass is 14.6. The first kappa shape index (κ1) is 12.1. The lowest BCUT2D eigenvalue weighted by Crippen LogP contribution is -1.77. The van der Waals surface area contributed by atoms with Crippen LogP contribution in [0.15, 0.2) is 67.5 Å². The van der Waals surface area contributed by atoms with E-state index in [4.69, 9.17) is 0 Å². The number of rotatable bonds is 4. The molecule has 1 heterocycles. The lowest BCUT2D eigenvalue weighted by atomic mass is 10.1. The Hall–Kier alpha value is -2.41. The van der Waals surface area contributed by atoms with Gasteiger partial charge in [-0.3, -0.25) is 4.98 Å². The van der Waals surface area contributed by atoms with Crippen molar-refractivity contribution in [1.82, 2.24) is 4.98 Å². The first-order valence-corrected chi connectivity index (χ1v) is 5.86. The molecule has 1 aromatic heterocycles. The van der Waals surface area contributed by atoms with Crippen LogP contribution in [-0.2, 0) is 0 Å². The lowest BCUT2D eigenvalue weighted by Gasteiger charge is -1.98. The van der Waals surface area contributed by atoms with Crippen LogP contribution in [0.4, 0.5) is 0 Å². The SMILES string of the molecule is C=Cc1ccccc1/C=C\C=C\c1ccncc1. The summed E-state index contributed by atoms with van der Waals surface area (Å²) in [5.41, 5.74) is 3.46. The van der Waals surface area contributed by atoms with Gasteiger partial charge in [-0.1, -0.05) is 61.2 Å². The summed E-state index contributed by atoms with van der Waals surface area (Å²) >= 11 is 0. The Morgan fingerprint density at radius 1 is 0.833 bits per heavy atom. The van der Waals surface area contributed by atoms with Gasteiger partial charge in [-0.05, 0) is 28.8 Å². The van der Waals surface area contributed by atoms with Crippen molar-refractivity contribution in [2.75, 3.05) is 0 Å². The van der Waals surface area contributed by atoms with Gasteiger partial charge in [-0.25, -0.2) is 0 Å². The molecule has 1 heteroatoms. The van der Waals surface area contributed by atoms with E-state index in [1.54, 1.807) is 12.4 Å². The molecule has 2 aromatic rings. The molecule has 0 aliphatic heterocycles. The minimum Gasteiger partial charge on any atom is -0.265 e. The van der Waals surface area contributed by atoms with Gasteiger partial charge in [0.05, 0.1) is 0 Å². The Labute approximate surface area is 108 Å². The van der Waals surface area contributed by atoms with Crippen LogP contribution in [0.25, 0.3) is 18.2 Å². The van der Waals surface area contributed by atoms with Crippen molar-refractivity contribution < 1.29 is 0 Å². The first-order chi connectivity index (χ1) is 8.90. The molecule has 1 nitrogen and oxygen atoms in total. The Bertz CT molecular complexity index is 565. The summed E-state index contributed by atoms with van der Waals surface area (Å²) < 4.78 is 0. The lowest BCUT2D eigenvalue weighted by molar-refractivity contribution is 1.32. The maximum Gasteiger partial charge on any atom is 0.0273 e. The zero-order valence-electron chi connectivity index (χ0n) is 10.2. The van der Waals surface area contributed by atoms with Crippen molar-refractivity contribution in [3.63, 3.8) is 0 Å². The minimum atomic E-state index is 1.14. The van der Waals surface area contributed by atoms with Crippen molar-refractivity contribution in [2.24, 2.45) is 0 Å². The van der Waals surface area contributed by atoms with Crippen LogP contribution in [0.1, 0.15) is 16.7 Å². The predicted octanol–water partition coefficient (Wildman–Crippen LogP) is 4.45. The van der Waals surface area contributed by atoms with E-state index in [0.29, 0.717) is 0 Å². The molecule has 88 valence electrons. The Balaban J connectivity index is 2.08. The van der Waals surface area contributed by atoms with Crippen molar-refractivity contribution in [3.8, 4) is 0 Å². The van der Waals surface area contributed by atoms with Gasteiger partial charge < -0.3 is 0 Å². The highest BCUT2D eigenvalue weighted by Crippen LogP contribution is 2.12. The average molecular weight is 233 g/mol. The van der Waals surface area contributed by atoms with Crippen LogP contribution in [0, 0.1) is 0 Å². The third-order valence-corrected chi connectivity index (χ3v) is 2.60. The third kappa shape index (κ3) is 3.29. The summed E-state index contributed by atoms with van der Waals surface area (Å²) in [4.78, 5) is 3.98. The molecule has 0 aliphatic carbocycles. The molecule has 0 amide bonds. The van der Waals surface area contributed by atoms with Gasteiger partial charge in [0.2, 0.25) is 0 Å². The number of pyridine rings is 1. The highest BCUT2D eigenvalue weighted by molar-refractivity contribution is 5.66. The van der Waals surface area contributed by atoms with Crippen LogP contribution in [-0.4, -0.2) is 4.98 Å². The van der Waals surface area contributed by atoms with Crippen molar-refractivity contribution >= 4 is 18.2 Å². The fourth-order valence-electron chi connectivity index (χ4n) is 1.65. The fraction of sp³-hybridized carbons (Fsp3) is 0. The maximum atomic E-state index is 3.98. The summed E-state index contributed by atoms with van der Waals surface area (Å²) in [6, 6.07) is 12.1. The molecule has 0 N–H and O–H groups in total. The third-order valence-electron chi connectivity index (χ3n) is 2.60. The molecule has 0 saturated carbocycles. The van der Waals surface area contributed by atoms with Crippen molar-refractivity contribution in [3.05, 3.63) is 84.2 Å². The van der Waals surface area contributed by atoms with Crippen LogP contribution < -0.4 is 0 Å². The molecule has 0 aliphatic rings. The van der Waals surface area contributed by atoms with Gasteiger partial charge in [0.1, 0.15) is 0 Å². The second-order valence-electron chi connectivity index (χ2n) is 3.83. The smallest absolute Gasteiger partial charge is 0.0273 e. The fourth-order valence-corrected chi connectivity index (χ4v) is 1.65. The second-order valence-corrected chi connectivity index (χ2v) is 3.83. The summed E-state index contributed by atoms with van der Waals surface area (Å²) in [7, 11) is 0. The van der Waals surface area contributed by atoms with Gasteiger partial charge in [-0.2, -0.15) is 0 Å². The molecule has 18 heavy (non-hydrogen) atoms. The molecule has 0 unspecified atom stereocenters. The monoisotopic (exact) mass is 233 g/mol. The van der Waals surface area contributed by atoms with E-state index in [1.165, 1.54) is 5.56 Å². The highest BCUT2D eigenvalue weighted by Gasteiger charge is 1.91. The van der Waals surface area contributed by atoms with E-state index >= 15 is 0 Å². The quantitative estimate of drug-likeness (QED) is 0.711. The number of allylic oxidation sites excluding steroid dienone is 2. The molecule has 1 aromatic carbocycles. The molecule has 0 radical (unpaired) electrons. The molecule has 0 saturated heterocycles. The molecule has 0 atom stereocenters. The van der Waals surface area contributed by atoms with Crippen LogP contribution in [0.5, 0.6) is 0 Å². The first-order valence-electron chi connectivity index (χ1n) is 5.86. The maximum absolute atomic E-state index is 3.98. The molecule has 0 fully saturated rings. The number of hydrogen-bond acceptors (Lipinski definition) is 1. The van der Waals surface area contributed by atoms with Crippen LogP contribution in [0.2, 0.25) is 0 Å². The zero-order chi connectivity index (χ0) is 12.6. The van der Waals surface area contributed by atoms with Gasteiger partial charge in [0.25, 0.3) is 0 Å². The summed E-state index contributed by atoms with van der Waals surface area (Å²) in [6.45, 7) is 3.81.